The van der Waals surface area contributed by atoms with Gasteiger partial charge in [-0.05, 0) is 12.1 Å². The summed E-state index contributed by atoms with van der Waals surface area (Å²) >= 11 is 0. The Morgan fingerprint density at radius 1 is 1.45 bits per heavy atom. The largest absolute Gasteiger partial charge is 0.464 e. The molecule has 2 heterocycles. The van der Waals surface area contributed by atoms with Crippen LogP contribution in [0.3, 0.4) is 0 Å². The minimum Gasteiger partial charge on any atom is -0.464 e. The lowest BCUT2D eigenvalue weighted by Crippen LogP contribution is -2.11. The molecule has 1 aromatic carbocycles. The molecule has 8 heteroatoms. The summed E-state index contributed by atoms with van der Waals surface area (Å²) in [7, 11) is 3.01. The Hall–Kier alpha value is -3.34. The lowest BCUT2D eigenvalue weighted by Gasteiger charge is -2.10. The van der Waals surface area contributed by atoms with E-state index < -0.39 is 5.97 Å². The molecule has 0 unspecified atom stereocenters. The van der Waals surface area contributed by atoms with E-state index in [2.05, 4.69) is 10.3 Å². The molecule has 3 rings (SSSR count). The van der Waals surface area contributed by atoms with Crippen LogP contribution in [0.2, 0.25) is 0 Å². The molecule has 0 saturated heterocycles. The first-order chi connectivity index (χ1) is 10.6. The molecule has 8 nitrogen and oxygen atoms in total. The number of aryl methyl sites for hydroxylation is 1. The summed E-state index contributed by atoms with van der Waals surface area (Å²) in [6, 6.07) is 7.35. The van der Waals surface area contributed by atoms with Crippen LogP contribution >= 0.6 is 0 Å². The molecule has 0 bridgehead atoms. The third-order valence-corrected chi connectivity index (χ3v) is 3.41. The number of hydrogen-bond acceptors (Lipinski definition) is 6. The highest BCUT2D eigenvalue weighted by Crippen LogP contribution is 2.28. The highest BCUT2D eigenvalue weighted by Gasteiger charge is 2.23. The first kappa shape index (κ1) is 13.6. The number of carbonyl (C=O) groups excluding carboxylic acids is 1. The number of hydrogen-bond donors (Lipinski definition) is 1. The number of benzene rings is 1. The number of nitrogen functional groups attached to an aromatic ring is 1. The van der Waals surface area contributed by atoms with Gasteiger partial charge in [0.1, 0.15) is 17.1 Å². The van der Waals surface area contributed by atoms with Gasteiger partial charge in [-0.25, -0.2) is 9.48 Å². The van der Waals surface area contributed by atoms with Gasteiger partial charge in [0.05, 0.1) is 24.0 Å². The van der Waals surface area contributed by atoms with E-state index in [0.717, 1.165) is 0 Å². The smallest absolute Gasteiger partial charge is 0.357 e. The highest BCUT2D eigenvalue weighted by molar-refractivity contribution is 5.97. The highest BCUT2D eigenvalue weighted by atomic mass is 16.5. The van der Waals surface area contributed by atoms with Crippen LogP contribution in [0.4, 0.5) is 5.69 Å². The van der Waals surface area contributed by atoms with Crippen LogP contribution in [-0.4, -0.2) is 32.6 Å². The Labute approximate surface area is 125 Å². The van der Waals surface area contributed by atoms with E-state index in [4.69, 9.17) is 15.7 Å². The summed E-state index contributed by atoms with van der Waals surface area (Å²) in [6.07, 6.45) is 1.50. The molecule has 0 fully saturated rings. The number of nitrogens with zero attached hydrogens (tertiary/aromatic N) is 5. The van der Waals surface area contributed by atoms with Crippen molar-refractivity contribution in [1.82, 2.24) is 19.6 Å². The zero-order valence-electron chi connectivity index (χ0n) is 11.9. The SMILES string of the molecule is COC(=O)c1c(N)c(C#N)cn1-c1cccc2nnn(C)c12. The number of esters is 1. The maximum atomic E-state index is 12.0. The van der Waals surface area contributed by atoms with Gasteiger partial charge >= 0.3 is 5.97 Å². The first-order valence-electron chi connectivity index (χ1n) is 6.36. The fourth-order valence-electron chi connectivity index (χ4n) is 2.39. The molecule has 0 atom stereocenters. The quantitative estimate of drug-likeness (QED) is 0.706. The van der Waals surface area contributed by atoms with E-state index in [1.807, 2.05) is 12.1 Å². The average molecular weight is 296 g/mol. The van der Waals surface area contributed by atoms with E-state index in [1.54, 1.807) is 23.9 Å². The Morgan fingerprint density at radius 2 is 2.23 bits per heavy atom. The number of anilines is 1. The standard InChI is InChI=1S/C14H12N6O2/c1-19-12-9(17-18-19)4-3-5-10(12)20-7-8(6-15)11(16)13(20)14(21)22-2/h3-5,7H,16H2,1-2H3. The minimum absolute atomic E-state index is 0.0847. The average Bonchev–Trinajstić information content (AvgIpc) is 3.07. The summed E-state index contributed by atoms with van der Waals surface area (Å²) in [5, 5.41) is 17.2. The second kappa shape index (κ2) is 4.89. The van der Waals surface area contributed by atoms with Gasteiger partial charge in [-0.3, -0.25) is 0 Å². The van der Waals surface area contributed by atoms with Crippen LogP contribution in [-0.2, 0) is 11.8 Å². The van der Waals surface area contributed by atoms with Gasteiger partial charge in [0.2, 0.25) is 0 Å². The molecule has 3 aromatic rings. The molecule has 0 amide bonds. The maximum absolute atomic E-state index is 12.0. The van der Waals surface area contributed by atoms with E-state index in [0.29, 0.717) is 16.7 Å². The molecule has 2 aromatic heterocycles. The number of rotatable bonds is 2. The van der Waals surface area contributed by atoms with Crippen LogP contribution < -0.4 is 5.73 Å². The van der Waals surface area contributed by atoms with Crippen molar-refractivity contribution in [2.45, 2.75) is 0 Å². The van der Waals surface area contributed by atoms with E-state index in [9.17, 15) is 4.79 Å². The van der Waals surface area contributed by atoms with E-state index >= 15 is 0 Å². The van der Waals surface area contributed by atoms with E-state index in [1.165, 1.54) is 17.9 Å². The number of methoxy groups -OCH3 is 1. The van der Waals surface area contributed by atoms with Crippen LogP contribution in [0, 0.1) is 11.3 Å². The molecule has 0 spiro atoms. The van der Waals surface area contributed by atoms with E-state index in [-0.39, 0.29) is 16.9 Å². The second-order valence-corrected chi connectivity index (χ2v) is 4.64. The number of nitriles is 1. The summed E-state index contributed by atoms with van der Waals surface area (Å²) in [5.74, 6) is -0.619. The third kappa shape index (κ3) is 1.80. The number of para-hydroxylation sites is 1. The Morgan fingerprint density at radius 3 is 2.91 bits per heavy atom. The zero-order chi connectivity index (χ0) is 15.9. The molecule has 0 radical (unpaired) electrons. The van der Waals surface area contributed by atoms with Crippen molar-refractivity contribution < 1.29 is 9.53 Å². The van der Waals surface area contributed by atoms with Crippen molar-refractivity contribution in [3.63, 3.8) is 0 Å². The summed E-state index contributed by atoms with van der Waals surface area (Å²) in [5.41, 5.74) is 8.31. The van der Waals surface area contributed by atoms with Crippen molar-refractivity contribution in [3.8, 4) is 11.8 Å². The van der Waals surface area contributed by atoms with Gasteiger partial charge in [0, 0.05) is 13.2 Å². The van der Waals surface area contributed by atoms with Crippen LogP contribution in [0.5, 0.6) is 0 Å². The Balaban J connectivity index is 2.38. The van der Waals surface area contributed by atoms with Gasteiger partial charge in [0.15, 0.2) is 5.69 Å². The Bertz CT molecular complexity index is 931. The molecule has 0 aliphatic carbocycles. The molecular formula is C14H12N6O2. The lowest BCUT2D eigenvalue weighted by molar-refractivity contribution is 0.0593. The van der Waals surface area contributed by atoms with Gasteiger partial charge in [0.25, 0.3) is 0 Å². The molecule has 0 saturated carbocycles. The molecule has 110 valence electrons. The molecule has 0 aliphatic rings. The summed E-state index contributed by atoms with van der Waals surface area (Å²) in [6.45, 7) is 0. The van der Waals surface area contributed by atoms with Gasteiger partial charge < -0.3 is 15.0 Å². The van der Waals surface area contributed by atoms with Crippen molar-refractivity contribution in [2.24, 2.45) is 7.05 Å². The first-order valence-corrected chi connectivity index (χ1v) is 6.36. The molecular weight excluding hydrogens is 284 g/mol. The lowest BCUT2D eigenvalue weighted by atomic mass is 10.2. The van der Waals surface area contributed by atoms with Gasteiger partial charge in [-0.1, -0.05) is 11.3 Å². The van der Waals surface area contributed by atoms with Crippen molar-refractivity contribution in [2.75, 3.05) is 12.8 Å². The summed E-state index contributed by atoms with van der Waals surface area (Å²) < 4.78 is 7.90. The van der Waals surface area contributed by atoms with Gasteiger partial charge in [-0.15, -0.1) is 5.10 Å². The fraction of sp³-hybridized carbons (Fsp3) is 0.143. The molecule has 22 heavy (non-hydrogen) atoms. The maximum Gasteiger partial charge on any atom is 0.357 e. The number of carbonyl (C=O) groups is 1. The second-order valence-electron chi connectivity index (χ2n) is 4.64. The van der Waals surface area contributed by atoms with Crippen LogP contribution in [0.1, 0.15) is 16.1 Å². The van der Waals surface area contributed by atoms with Crippen molar-refractivity contribution in [1.29, 1.82) is 5.26 Å². The van der Waals surface area contributed by atoms with Crippen molar-refractivity contribution in [3.05, 3.63) is 35.7 Å². The molecule has 0 aliphatic heterocycles. The normalized spacial score (nSPS) is 10.6. The number of ether oxygens (including phenoxy) is 1. The Kier molecular flexibility index (Phi) is 3.03. The monoisotopic (exact) mass is 296 g/mol. The van der Waals surface area contributed by atoms with Crippen LogP contribution in [0.25, 0.3) is 16.7 Å². The topological polar surface area (TPSA) is 112 Å². The molecule has 2 N–H and O–H groups in total. The number of aromatic nitrogens is 4. The summed E-state index contributed by atoms with van der Waals surface area (Å²) in [4.78, 5) is 12.0. The third-order valence-electron chi connectivity index (χ3n) is 3.41. The number of nitrogens with two attached hydrogens (primary N) is 1. The fourth-order valence-corrected chi connectivity index (χ4v) is 2.39. The zero-order valence-corrected chi connectivity index (χ0v) is 11.9. The van der Waals surface area contributed by atoms with Crippen molar-refractivity contribution >= 4 is 22.7 Å². The predicted octanol–water partition coefficient (Wildman–Crippen LogP) is 0.999. The predicted molar refractivity (Wildman–Crippen MR) is 78.3 cm³/mol. The van der Waals surface area contributed by atoms with Gasteiger partial charge in [-0.2, -0.15) is 5.26 Å². The minimum atomic E-state index is -0.619. The number of fused-ring (bicyclic) bond motifs is 1. The van der Waals surface area contributed by atoms with Crippen LogP contribution in [0.15, 0.2) is 24.4 Å².